The zero-order chi connectivity index (χ0) is 23.5. The number of carbonyl (C=O) groups excluding carboxylic acids is 1. The van der Waals surface area contributed by atoms with Crippen molar-refractivity contribution < 1.29 is 31.8 Å². The van der Waals surface area contributed by atoms with Crippen molar-refractivity contribution >= 4 is 46.7 Å². The van der Waals surface area contributed by atoms with Crippen molar-refractivity contribution in [1.82, 2.24) is 4.72 Å². The van der Waals surface area contributed by atoms with Crippen LogP contribution in [0.5, 0.6) is 11.5 Å². The molecule has 0 aliphatic carbocycles. The van der Waals surface area contributed by atoms with Crippen LogP contribution in [0.25, 0.3) is 0 Å². The fraction of sp³-hybridized carbons (Fsp3) is 0.350. The molecule has 1 fully saturated rings. The highest BCUT2D eigenvalue weighted by atomic mass is 35.5. The highest BCUT2D eigenvalue weighted by Crippen LogP contribution is 2.36. The average molecular weight is 513 g/mol. The maximum absolute atomic E-state index is 14.3. The number of carbonyl (C=O) groups is 1. The Morgan fingerprint density at radius 2 is 1.94 bits per heavy atom. The average Bonchev–Trinajstić information content (AvgIpc) is 3.17. The number of nitrogens with zero attached hydrogens (tertiary/aromatic N) is 1. The van der Waals surface area contributed by atoms with Crippen LogP contribution in [-0.4, -0.2) is 37.7 Å². The van der Waals surface area contributed by atoms with Gasteiger partial charge in [0.05, 0.1) is 21.7 Å². The predicted octanol–water partition coefficient (Wildman–Crippen LogP) is 6.09. The Morgan fingerprint density at radius 1 is 1.22 bits per heavy atom. The summed E-state index contributed by atoms with van der Waals surface area (Å²) < 4.78 is 63.7. The minimum atomic E-state index is -4.84. The Hall–Kier alpha value is -2.04. The van der Waals surface area contributed by atoms with E-state index in [0.29, 0.717) is 12.2 Å². The fourth-order valence-corrected chi connectivity index (χ4v) is 4.10. The molecule has 5 nitrogen and oxygen atoms in total. The molecule has 1 unspecified atom stereocenters. The first-order valence-electron chi connectivity index (χ1n) is 9.36. The third kappa shape index (κ3) is 6.05. The molecule has 1 heterocycles. The van der Waals surface area contributed by atoms with Gasteiger partial charge in [0.25, 0.3) is 5.91 Å². The van der Waals surface area contributed by atoms with E-state index < -0.39 is 23.8 Å². The molecule has 0 saturated carbocycles. The lowest BCUT2D eigenvalue weighted by molar-refractivity contribution is -0.274. The van der Waals surface area contributed by atoms with Crippen molar-refractivity contribution in [3.05, 3.63) is 51.8 Å². The van der Waals surface area contributed by atoms with Gasteiger partial charge in [-0.2, -0.15) is 0 Å². The smallest absolute Gasteiger partial charge is 0.490 e. The fourth-order valence-electron chi connectivity index (χ4n) is 3.37. The topological polar surface area (TPSA) is 50.8 Å². The largest absolute Gasteiger partial charge is 0.573 e. The predicted molar refractivity (Wildman–Crippen MR) is 116 cm³/mol. The van der Waals surface area contributed by atoms with E-state index in [4.69, 9.17) is 27.9 Å². The van der Waals surface area contributed by atoms with E-state index in [1.807, 2.05) is 4.90 Å². The Labute approximate surface area is 196 Å². The number of anilines is 1. The van der Waals surface area contributed by atoms with Crippen molar-refractivity contribution in [2.24, 2.45) is 0 Å². The van der Waals surface area contributed by atoms with Gasteiger partial charge in [0.2, 0.25) is 0 Å². The summed E-state index contributed by atoms with van der Waals surface area (Å²) in [4.78, 5) is 13.8. The van der Waals surface area contributed by atoms with Gasteiger partial charge in [0, 0.05) is 24.6 Å². The molecule has 1 saturated heterocycles. The Kier molecular flexibility index (Phi) is 7.89. The summed E-state index contributed by atoms with van der Waals surface area (Å²) in [6.45, 7) is 0.785. The summed E-state index contributed by atoms with van der Waals surface area (Å²) >= 11 is 13.2. The zero-order valence-electron chi connectivity index (χ0n) is 16.6. The van der Waals surface area contributed by atoms with Crippen molar-refractivity contribution in [2.75, 3.05) is 24.3 Å². The zero-order valence-corrected chi connectivity index (χ0v) is 19.0. The number of hydrogen-bond donors (Lipinski definition) is 1. The Balaban J connectivity index is 1.70. The lowest BCUT2D eigenvalue weighted by Crippen LogP contribution is -2.34. The minimum absolute atomic E-state index is 0.0823. The molecule has 1 aliphatic heterocycles. The molecular formula is C20H18Cl2F4N2O3S. The van der Waals surface area contributed by atoms with Gasteiger partial charge < -0.3 is 14.4 Å². The van der Waals surface area contributed by atoms with Crippen molar-refractivity contribution in [3.63, 3.8) is 0 Å². The second-order valence-electron chi connectivity index (χ2n) is 6.86. The van der Waals surface area contributed by atoms with Gasteiger partial charge in [-0.05, 0) is 37.1 Å². The molecule has 2 aromatic rings. The van der Waals surface area contributed by atoms with Gasteiger partial charge in [-0.1, -0.05) is 35.1 Å². The molecule has 32 heavy (non-hydrogen) atoms. The van der Waals surface area contributed by atoms with Crippen LogP contribution in [-0.2, 0) is 0 Å². The van der Waals surface area contributed by atoms with Gasteiger partial charge in [0.1, 0.15) is 23.9 Å². The van der Waals surface area contributed by atoms with Crippen molar-refractivity contribution in [2.45, 2.75) is 25.2 Å². The molecule has 12 heteroatoms. The van der Waals surface area contributed by atoms with Crippen molar-refractivity contribution in [3.8, 4) is 11.5 Å². The van der Waals surface area contributed by atoms with E-state index in [1.54, 1.807) is 6.26 Å². The van der Waals surface area contributed by atoms with Gasteiger partial charge in [-0.15, -0.1) is 13.2 Å². The van der Waals surface area contributed by atoms with E-state index in [1.165, 1.54) is 18.2 Å². The third-order valence-electron chi connectivity index (χ3n) is 4.74. The standard InChI is InChI=1S/C20H18Cl2F4N2O3S/c1-32-27-19(29)13-8-15(22)18(9-16(13)23)30-10-12-3-2-6-28(12)11-4-5-17(14(21)7-11)31-20(24,25)26/h4-5,7-9,12H,2-3,6,10H2,1H3,(H,27,29). The number of halogens is 6. The first-order valence-corrected chi connectivity index (χ1v) is 11.3. The molecule has 2 aromatic carbocycles. The quantitative estimate of drug-likeness (QED) is 0.359. The Morgan fingerprint density at radius 3 is 2.59 bits per heavy atom. The number of ether oxygens (including phenoxy) is 2. The van der Waals surface area contributed by atoms with Crippen LogP contribution in [0.1, 0.15) is 23.2 Å². The molecule has 0 bridgehead atoms. The molecule has 0 aromatic heterocycles. The van der Waals surface area contributed by atoms with Crippen molar-refractivity contribution in [1.29, 1.82) is 0 Å². The summed E-state index contributed by atoms with van der Waals surface area (Å²) in [5.41, 5.74) is 0.409. The molecule has 1 N–H and O–H groups in total. The summed E-state index contributed by atoms with van der Waals surface area (Å²) in [5, 5.41) is -0.0884. The SMILES string of the molecule is CSNC(=O)c1cc(Cl)c(OCC2CCCN2c2ccc(OC(F)(F)F)c(Cl)c2)cc1F. The maximum atomic E-state index is 14.3. The van der Waals surface area contributed by atoms with E-state index >= 15 is 0 Å². The molecule has 1 amide bonds. The summed E-state index contributed by atoms with van der Waals surface area (Å²) in [6.07, 6.45) is -1.64. The van der Waals surface area contributed by atoms with E-state index in [-0.39, 0.29) is 34.0 Å². The Bertz CT molecular complexity index is 994. The number of alkyl halides is 3. The number of rotatable bonds is 7. The van der Waals surface area contributed by atoms with Crippen LogP contribution in [0, 0.1) is 5.82 Å². The van der Waals surface area contributed by atoms with Gasteiger partial charge in [-0.25, -0.2) is 4.39 Å². The molecular weight excluding hydrogens is 495 g/mol. The van der Waals surface area contributed by atoms with Crippen LogP contribution in [0.2, 0.25) is 10.0 Å². The number of benzene rings is 2. The van der Waals surface area contributed by atoms with E-state index in [0.717, 1.165) is 36.9 Å². The normalized spacial score (nSPS) is 16.2. The monoisotopic (exact) mass is 512 g/mol. The van der Waals surface area contributed by atoms with Crippen LogP contribution >= 0.6 is 35.1 Å². The first kappa shape index (κ1) is 24.6. The number of hydrogen-bond acceptors (Lipinski definition) is 5. The molecule has 0 radical (unpaired) electrons. The second kappa shape index (κ2) is 10.3. The highest BCUT2D eigenvalue weighted by Gasteiger charge is 2.33. The van der Waals surface area contributed by atoms with Gasteiger partial charge in [0.15, 0.2) is 0 Å². The van der Waals surface area contributed by atoms with E-state index in [9.17, 15) is 22.4 Å². The minimum Gasteiger partial charge on any atom is -0.490 e. The summed E-state index contributed by atoms with van der Waals surface area (Å²) in [5.74, 6) is -1.78. The number of nitrogens with one attached hydrogen (secondary N) is 1. The number of amides is 1. The molecule has 174 valence electrons. The molecule has 0 spiro atoms. The molecule has 3 rings (SSSR count). The summed E-state index contributed by atoms with van der Waals surface area (Å²) in [6, 6.07) is 6.15. The van der Waals surface area contributed by atoms with Crippen LogP contribution < -0.4 is 19.1 Å². The molecule has 1 atom stereocenters. The lowest BCUT2D eigenvalue weighted by Gasteiger charge is -2.27. The first-order chi connectivity index (χ1) is 15.1. The lowest BCUT2D eigenvalue weighted by atomic mass is 10.2. The highest BCUT2D eigenvalue weighted by molar-refractivity contribution is 7.97. The molecule has 1 aliphatic rings. The third-order valence-corrected chi connectivity index (χ3v) is 5.72. The maximum Gasteiger partial charge on any atom is 0.573 e. The van der Waals surface area contributed by atoms with Crippen LogP contribution in [0.3, 0.4) is 0 Å². The van der Waals surface area contributed by atoms with Crippen LogP contribution in [0.4, 0.5) is 23.2 Å². The van der Waals surface area contributed by atoms with Crippen LogP contribution in [0.15, 0.2) is 30.3 Å². The van der Waals surface area contributed by atoms with E-state index in [2.05, 4.69) is 9.46 Å². The second-order valence-corrected chi connectivity index (χ2v) is 8.29. The summed E-state index contributed by atoms with van der Waals surface area (Å²) in [7, 11) is 0. The van der Waals surface area contributed by atoms with Gasteiger partial charge >= 0.3 is 6.36 Å². The van der Waals surface area contributed by atoms with Gasteiger partial charge in [-0.3, -0.25) is 9.52 Å².